The molecule has 0 bridgehead atoms. The maximum Gasteiger partial charge on any atom is 0.155 e. The van der Waals surface area contributed by atoms with Crippen molar-refractivity contribution in [1.29, 1.82) is 0 Å². The molecular formula is C27H42O3. The van der Waals surface area contributed by atoms with Crippen LogP contribution in [-0.4, -0.2) is 28.2 Å². The van der Waals surface area contributed by atoms with Crippen molar-refractivity contribution in [2.45, 2.75) is 98.2 Å². The Morgan fingerprint density at radius 2 is 1.90 bits per heavy atom. The van der Waals surface area contributed by atoms with Crippen LogP contribution in [0.15, 0.2) is 23.3 Å². The minimum Gasteiger partial charge on any atom is -0.393 e. The zero-order valence-electron chi connectivity index (χ0n) is 19.7. The first-order valence-corrected chi connectivity index (χ1v) is 12.3. The second-order valence-electron chi connectivity index (χ2n) is 11.9. The van der Waals surface area contributed by atoms with E-state index in [0.29, 0.717) is 30.1 Å². The van der Waals surface area contributed by atoms with E-state index in [1.54, 1.807) is 11.6 Å². The largest absolute Gasteiger partial charge is 0.393 e. The Hall–Kier alpha value is -0.930. The van der Waals surface area contributed by atoms with E-state index in [2.05, 4.69) is 26.8 Å². The smallest absolute Gasteiger partial charge is 0.155 e. The van der Waals surface area contributed by atoms with Crippen molar-refractivity contribution in [3.8, 4) is 0 Å². The lowest BCUT2D eigenvalue weighted by atomic mass is 9.47. The van der Waals surface area contributed by atoms with Gasteiger partial charge < -0.3 is 10.2 Å². The quantitative estimate of drug-likeness (QED) is 0.474. The molecule has 4 aliphatic rings. The molecule has 0 radical (unpaired) electrons. The first-order valence-electron chi connectivity index (χ1n) is 12.3. The van der Waals surface area contributed by atoms with E-state index in [4.69, 9.17) is 0 Å². The highest BCUT2D eigenvalue weighted by Crippen LogP contribution is 2.66. The van der Waals surface area contributed by atoms with Gasteiger partial charge in [0.25, 0.3) is 0 Å². The standard InChI is InChI=1S/C27H42O3/c1-16(2)12-19(29)13-17(3)21-6-7-22-20-15-25(30)24-14-18(28)8-10-27(24,5)23(20)9-11-26(21,22)4/h9,12,17-18,20-22,24-25,28,30H,6-8,10-11,13-15H2,1-5H3. The third-order valence-electron chi connectivity index (χ3n) is 9.75. The van der Waals surface area contributed by atoms with Crippen LogP contribution in [-0.2, 0) is 4.79 Å². The number of hydrogen-bond donors (Lipinski definition) is 2. The molecule has 4 aliphatic carbocycles. The van der Waals surface area contributed by atoms with E-state index in [1.165, 1.54) is 12.8 Å². The van der Waals surface area contributed by atoms with E-state index < -0.39 is 0 Å². The maximum atomic E-state index is 12.4. The molecule has 30 heavy (non-hydrogen) atoms. The van der Waals surface area contributed by atoms with Gasteiger partial charge in [0, 0.05) is 6.42 Å². The maximum absolute atomic E-state index is 12.4. The van der Waals surface area contributed by atoms with Crippen LogP contribution in [0.2, 0.25) is 0 Å². The summed E-state index contributed by atoms with van der Waals surface area (Å²) in [5.74, 6) is 2.53. The lowest BCUT2D eigenvalue weighted by Crippen LogP contribution is -2.53. The van der Waals surface area contributed by atoms with Crippen LogP contribution in [0.3, 0.4) is 0 Å². The molecule has 168 valence electrons. The Kier molecular flexibility index (Phi) is 5.85. The molecule has 3 saturated carbocycles. The number of fused-ring (bicyclic) bond motifs is 5. The normalized spacial score (nSPS) is 46.2. The van der Waals surface area contributed by atoms with Gasteiger partial charge in [0.15, 0.2) is 5.78 Å². The van der Waals surface area contributed by atoms with Crippen molar-refractivity contribution in [2.75, 3.05) is 0 Å². The third-order valence-corrected chi connectivity index (χ3v) is 9.75. The minimum absolute atomic E-state index is 0.0476. The molecule has 0 saturated heterocycles. The summed E-state index contributed by atoms with van der Waals surface area (Å²) in [6.45, 7) is 11.1. The van der Waals surface area contributed by atoms with Gasteiger partial charge in [0.1, 0.15) is 0 Å². The average Bonchev–Trinajstić information content (AvgIpc) is 3.00. The number of aliphatic hydroxyl groups is 2. The van der Waals surface area contributed by atoms with Crippen LogP contribution < -0.4 is 0 Å². The van der Waals surface area contributed by atoms with Crippen molar-refractivity contribution >= 4 is 5.78 Å². The van der Waals surface area contributed by atoms with Crippen molar-refractivity contribution in [3.05, 3.63) is 23.3 Å². The molecule has 0 heterocycles. The Morgan fingerprint density at radius 1 is 1.17 bits per heavy atom. The number of hydrogen-bond acceptors (Lipinski definition) is 3. The second kappa shape index (κ2) is 7.89. The summed E-state index contributed by atoms with van der Waals surface area (Å²) >= 11 is 0. The molecule has 0 aromatic rings. The summed E-state index contributed by atoms with van der Waals surface area (Å²) in [4.78, 5) is 12.4. The van der Waals surface area contributed by atoms with E-state index in [9.17, 15) is 15.0 Å². The van der Waals surface area contributed by atoms with Crippen LogP contribution in [0.25, 0.3) is 0 Å². The van der Waals surface area contributed by atoms with E-state index in [0.717, 1.165) is 37.7 Å². The van der Waals surface area contributed by atoms with Gasteiger partial charge in [0.2, 0.25) is 0 Å². The summed E-state index contributed by atoms with van der Waals surface area (Å²) in [7, 11) is 0. The first kappa shape index (κ1) is 22.3. The van der Waals surface area contributed by atoms with Crippen LogP contribution in [0.4, 0.5) is 0 Å². The van der Waals surface area contributed by atoms with E-state index in [-0.39, 0.29) is 34.7 Å². The Labute approximate surface area is 183 Å². The third kappa shape index (κ3) is 3.54. The van der Waals surface area contributed by atoms with Crippen LogP contribution in [0, 0.1) is 40.4 Å². The van der Waals surface area contributed by atoms with Gasteiger partial charge in [-0.15, -0.1) is 0 Å². The van der Waals surface area contributed by atoms with Gasteiger partial charge in [-0.3, -0.25) is 4.79 Å². The molecule has 2 N–H and O–H groups in total. The average molecular weight is 415 g/mol. The molecule has 0 aromatic heterocycles. The SMILES string of the molecule is CC(C)=CC(=O)CC(C)C1CCC2C3CC(O)C4CC(O)CCC4(C)C3=CCC12C. The summed E-state index contributed by atoms with van der Waals surface area (Å²) in [6, 6.07) is 0. The number of ketones is 1. The lowest BCUT2D eigenvalue weighted by molar-refractivity contribution is -0.116. The van der Waals surface area contributed by atoms with Crippen LogP contribution >= 0.6 is 0 Å². The van der Waals surface area contributed by atoms with Crippen molar-refractivity contribution < 1.29 is 15.0 Å². The highest BCUT2D eigenvalue weighted by molar-refractivity contribution is 5.90. The molecule has 0 amide bonds. The fourth-order valence-corrected chi connectivity index (χ4v) is 8.37. The minimum atomic E-state index is -0.301. The van der Waals surface area contributed by atoms with Gasteiger partial charge in [-0.05, 0) is 105 Å². The van der Waals surface area contributed by atoms with Crippen molar-refractivity contribution in [2.24, 2.45) is 40.4 Å². The molecule has 9 unspecified atom stereocenters. The topological polar surface area (TPSA) is 57.5 Å². The highest BCUT2D eigenvalue weighted by Gasteiger charge is 2.59. The molecule has 0 aromatic carbocycles. The predicted molar refractivity (Wildman–Crippen MR) is 121 cm³/mol. The molecule has 3 nitrogen and oxygen atoms in total. The molecule has 9 atom stereocenters. The van der Waals surface area contributed by atoms with Crippen molar-refractivity contribution in [3.63, 3.8) is 0 Å². The van der Waals surface area contributed by atoms with Crippen molar-refractivity contribution in [1.82, 2.24) is 0 Å². The predicted octanol–water partition coefficient (Wildman–Crippen LogP) is 5.46. The molecule has 0 aliphatic heterocycles. The zero-order chi connectivity index (χ0) is 21.8. The monoisotopic (exact) mass is 414 g/mol. The Morgan fingerprint density at radius 3 is 2.60 bits per heavy atom. The molecular weight excluding hydrogens is 372 g/mol. The van der Waals surface area contributed by atoms with E-state index in [1.807, 2.05) is 13.8 Å². The number of carbonyl (C=O) groups is 1. The number of allylic oxidation sites excluding steroid dienone is 4. The number of rotatable bonds is 4. The lowest BCUT2D eigenvalue weighted by Gasteiger charge is -2.58. The molecule has 3 heteroatoms. The molecule has 0 spiro atoms. The Bertz CT molecular complexity index is 747. The molecule has 4 rings (SSSR count). The second-order valence-corrected chi connectivity index (χ2v) is 11.9. The van der Waals surface area contributed by atoms with E-state index >= 15 is 0 Å². The van der Waals surface area contributed by atoms with Gasteiger partial charge >= 0.3 is 0 Å². The summed E-state index contributed by atoms with van der Waals surface area (Å²) in [6.07, 6.45) is 11.4. The van der Waals surface area contributed by atoms with Gasteiger partial charge in [-0.1, -0.05) is 38.0 Å². The van der Waals surface area contributed by atoms with Crippen LogP contribution in [0.1, 0.15) is 86.0 Å². The van der Waals surface area contributed by atoms with Gasteiger partial charge in [-0.25, -0.2) is 0 Å². The summed E-state index contributed by atoms with van der Waals surface area (Å²) in [5, 5.41) is 21.3. The fourth-order valence-electron chi connectivity index (χ4n) is 8.37. The summed E-state index contributed by atoms with van der Waals surface area (Å²) in [5.41, 5.74) is 2.97. The first-order chi connectivity index (χ1) is 14.1. The molecule has 3 fully saturated rings. The van der Waals surface area contributed by atoms with Gasteiger partial charge in [-0.2, -0.15) is 0 Å². The van der Waals surface area contributed by atoms with Gasteiger partial charge in [0.05, 0.1) is 12.2 Å². The number of carbonyl (C=O) groups excluding carboxylic acids is 1. The zero-order valence-corrected chi connectivity index (χ0v) is 19.7. The number of aliphatic hydroxyl groups excluding tert-OH is 2. The summed E-state index contributed by atoms with van der Waals surface area (Å²) < 4.78 is 0. The fraction of sp³-hybridized carbons (Fsp3) is 0.815. The van der Waals surface area contributed by atoms with Crippen LogP contribution in [0.5, 0.6) is 0 Å². The highest BCUT2D eigenvalue weighted by atomic mass is 16.3. The Balaban J connectivity index is 1.58.